The first-order chi connectivity index (χ1) is 12.2. The van der Waals surface area contributed by atoms with E-state index in [0.717, 1.165) is 11.8 Å². The van der Waals surface area contributed by atoms with Crippen LogP contribution in [-0.2, 0) is 11.2 Å². The number of pyridine rings is 1. The number of hydrogen-bond donors (Lipinski definition) is 1. The Morgan fingerprint density at radius 1 is 1.36 bits per heavy atom. The maximum Gasteiger partial charge on any atom is 0.227 e. The first-order valence-electron chi connectivity index (χ1n) is 9.22. The van der Waals surface area contributed by atoms with E-state index in [4.69, 9.17) is 4.52 Å². The van der Waals surface area contributed by atoms with E-state index in [1.54, 1.807) is 6.20 Å². The second-order valence-electron chi connectivity index (χ2n) is 7.42. The Kier molecular flexibility index (Phi) is 4.51. The van der Waals surface area contributed by atoms with Gasteiger partial charge in [0.15, 0.2) is 0 Å². The van der Waals surface area contributed by atoms with Crippen LogP contribution in [0.15, 0.2) is 28.9 Å². The smallest absolute Gasteiger partial charge is 0.227 e. The Labute approximate surface area is 147 Å². The fourth-order valence-corrected chi connectivity index (χ4v) is 4.52. The molecule has 2 aromatic heterocycles. The molecular weight excluding hydrogens is 316 g/mol. The summed E-state index contributed by atoms with van der Waals surface area (Å²) < 4.78 is 5.23. The van der Waals surface area contributed by atoms with Crippen LogP contribution in [0.25, 0.3) is 11.5 Å². The first kappa shape index (κ1) is 16.2. The topological polar surface area (TPSA) is 80.9 Å². The second kappa shape index (κ2) is 6.94. The van der Waals surface area contributed by atoms with Crippen molar-refractivity contribution in [1.82, 2.24) is 20.4 Å². The number of nitrogens with zero attached hydrogens (tertiary/aromatic N) is 3. The van der Waals surface area contributed by atoms with Gasteiger partial charge in [-0.1, -0.05) is 17.6 Å². The summed E-state index contributed by atoms with van der Waals surface area (Å²) in [5.74, 6) is 3.37. The molecule has 25 heavy (non-hydrogen) atoms. The van der Waals surface area contributed by atoms with Crippen molar-refractivity contribution in [2.24, 2.45) is 17.8 Å². The van der Waals surface area contributed by atoms with Crippen molar-refractivity contribution in [3.05, 3.63) is 30.3 Å². The van der Waals surface area contributed by atoms with Crippen LogP contribution in [0.5, 0.6) is 0 Å². The van der Waals surface area contributed by atoms with E-state index in [1.807, 2.05) is 18.2 Å². The molecule has 2 fully saturated rings. The van der Waals surface area contributed by atoms with E-state index >= 15 is 0 Å². The summed E-state index contributed by atoms with van der Waals surface area (Å²) in [4.78, 5) is 20.8. The number of aryl methyl sites for hydroxylation is 1. The Morgan fingerprint density at radius 2 is 2.28 bits per heavy atom. The molecule has 2 aromatic rings. The zero-order valence-electron chi connectivity index (χ0n) is 14.5. The van der Waals surface area contributed by atoms with E-state index in [2.05, 4.69) is 27.4 Å². The molecule has 0 unspecified atom stereocenters. The predicted molar refractivity (Wildman–Crippen MR) is 92.4 cm³/mol. The molecule has 1 N–H and O–H groups in total. The average Bonchev–Trinajstić information content (AvgIpc) is 3.37. The van der Waals surface area contributed by atoms with Gasteiger partial charge in [-0.2, -0.15) is 4.98 Å². The summed E-state index contributed by atoms with van der Waals surface area (Å²) in [5.41, 5.74) is 0.673. The van der Waals surface area contributed by atoms with Gasteiger partial charge in [0.25, 0.3) is 0 Å². The summed E-state index contributed by atoms with van der Waals surface area (Å²) in [6, 6.07) is 5.81. The minimum absolute atomic E-state index is 0.0628. The van der Waals surface area contributed by atoms with Crippen LogP contribution >= 0.6 is 0 Å². The Hall–Kier alpha value is -2.24. The van der Waals surface area contributed by atoms with Gasteiger partial charge in [-0.25, -0.2) is 0 Å². The van der Waals surface area contributed by atoms with Crippen LogP contribution in [0.3, 0.4) is 0 Å². The largest absolute Gasteiger partial charge is 0.353 e. The summed E-state index contributed by atoms with van der Waals surface area (Å²) in [6.07, 6.45) is 7.89. The summed E-state index contributed by atoms with van der Waals surface area (Å²) in [7, 11) is 0. The number of carbonyl (C=O) groups excluding carboxylic acids is 1. The van der Waals surface area contributed by atoms with Gasteiger partial charge >= 0.3 is 0 Å². The van der Waals surface area contributed by atoms with Crippen molar-refractivity contribution in [1.29, 1.82) is 0 Å². The number of carbonyl (C=O) groups is 1. The highest BCUT2D eigenvalue weighted by atomic mass is 16.5. The highest BCUT2D eigenvalue weighted by molar-refractivity contribution is 5.76. The highest BCUT2D eigenvalue weighted by Gasteiger charge is 2.42. The molecule has 4 rings (SSSR count). The molecule has 2 bridgehead atoms. The van der Waals surface area contributed by atoms with E-state index in [0.29, 0.717) is 36.2 Å². The SMILES string of the molecule is C[C@@H](NC(=O)CCc1nc(-c2ccccn2)no1)[C@@H]1C[C@H]2CC[C@H]1C2. The lowest BCUT2D eigenvalue weighted by atomic mass is 9.84. The van der Waals surface area contributed by atoms with E-state index in [-0.39, 0.29) is 11.9 Å². The Morgan fingerprint density at radius 3 is 3.00 bits per heavy atom. The molecule has 0 radical (unpaired) electrons. The van der Waals surface area contributed by atoms with Gasteiger partial charge in [0, 0.05) is 25.1 Å². The second-order valence-corrected chi connectivity index (χ2v) is 7.42. The number of hydrogen-bond acceptors (Lipinski definition) is 5. The minimum Gasteiger partial charge on any atom is -0.353 e. The van der Waals surface area contributed by atoms with Gasteiger partial charge in [0.1, 0.15) is 5.69 Å². The number of rotatable bonds is 6. The lowest BCUT2D eigenvalue weighted by Crippen LogP contribution is -2.40. The van der Waals surface area contributed by atoms with E-state index < -0.39 is 0 Å². The molecule has 0 spiro atoms. The standard InChI is InChI=1S/C19H24N4O2/c1-12(15-11-13-5-6-14(15)10-13)21-17(24)7-8-18-22-19(23-25-18)16-4-2-3-9-20-16/h2-4,9,12-15H,5-8,10-11H2,1H3,(H,21,24)/t12-,13+,14+,15+/m1/s1. The molecule has 0 aromatic carbocycles. The molecule has 2 saturated carbocycles. The van der Waals surface area contributed by atoms with Crippen molar-refractivity contribution < 1.29 is 9.32 Å². The fourth-order valence-electron chi connectivity index (χ4n) is 4.52. The normalized spacial score (nSPS) is 25.9. The van der Waals surface area contributed by atoms with Crippen molar-refractivity contribution in [2.45, 2.75) is 51.5 Å². The predicted octanol–water partition coefficient (Wildman–Crippen LogP) is 3.01. The molecular formula is C19H24N4O2. The first-order valence-corrected chi connectivity index (χ1v) is 9.22. The lowest BCUT2D eigenvalue weighted by Gasteiger charge is -2.28. The fraction of sp³-hybridized carbons (Fsp3) is 0.579. The molecule has 132 valence electrons. The molecule has 2 aliphatic rings. The van der Waals surface area contributed by atoms with Crippen LogP contribution in [0.4, 0.5) is 0 Å². The quantitative estimate of drug-likeness (QED) is 0.874. The lowest BCUT2D eigenvalue weighted by molar-refractivity contribution is -0.122. The van der Waals surface area contributed by atoms with Crippen LogP contribution in [-0.4, -0.2) is 27.1 Å². The molecule has 4 atom stereocenters. The van der Waals surface area contributed by atoms with Gasteiger partial charge in [0.05, 0.1) is 0 Å². The average molecular weight is 340 g/mol. The third-order valence-electron chi connectivity index (χ3n) is 5.75. The van der Waals surface area contributed by atoms with E-state index in [1.165, 1.54) is 25.7 Å². The zero-order valence-corrected chi connectivity index (χ0v) is 14.5. The van der Waals surface area contributed by atoms with Crippen LogP contribution in [0, 0.1) is 17.8 Å². The van der Waals surface area contributed by atoms with Gasteiger partial charge in [-0.15, -0.1) is 0 Å². The van der Waals surface area contributed by atoms with Crippen molar-refractivity contribution in [3.8, 4) is 11.5 Å². The third-order valence-corrected chi connectivity index (χ3v) is 5.75. The number of nitrogens with one attached hydrogen (secondary N) is 1. The minimum atomic E-state index is 0.0628. The zero-order chi connectivity index (χ0) is 17.2. The monoisotopic (exact) mass is 340 g/mol. The van der Waals surface area contributed by atoms with Crippen LogP contribution in [0.2, 0.25) is 0 Å². The molecule has 0 aliphatic heterocycles. The van der Waals surface area contributed by atoms with Crippen LogP contribution < -0.4 is 5.32 Å². The number of aromatic nitrogens is 3. The molecule has 6 heteroatoms. The summed E-state index contributed by atoms with van der Waals surface area (Å²) >= 11 is 0. The van der Waals surface area contributed by atoms with Crippen LogP contribution in [0.1, 0.15) is 44.9 Å². The maximum absolute atomic E-state index is 12.3. The van der Waals surface area contributed by atoms with E-state index in [9.17, 15) is 4.79 Å². The van der Waals surface area contributed by atoms with Gasteiger partial charge in [0.2, 0.25) is 17.6 Å². The van der Waals surface area contributed by atoms with Gasteiger partial charge in [-0.05, 0) is 56.1 Å². The Bertz CT molecular complexity index is 730. The molecule has 2 heterocycles. The molecule has 0 saturated heterocycles. The Balaban J connectivity index is 1.27. The third kappa shape index (κ3) is 3.57. The summed E-state index contributed by atoms with van der Waals surface area (Å²) in [5, 5.41) is 7.11. The number of fused-ring (bicyclic) bond motifs is 2. The molecule has 6 nitrogen and oxygen atoms in total. The molecule has 1 amide bonds. The van der Waals surface area contributed by atoms with Crippen molar-refractivity contribution in [2.75, 3.05) is 0 Å². The highest BCUT2D eigenvalue weighted by Crippen LogP contribution is 2.49. The van der Waals surface area contributed by atoms with Gasteiger partial charge < -0.3 is 9.84 Å². The number of amides is 1. The maximum atomic E-state index is 12.3. The summed E-state index contributed by atoms with van der Waals surface area (Å²) in [6.45, 7) is 2.15. The van der Waals surface area contributed by atoms with Crippen molar-refractivity contribution in [3.63, 3.8) is 0 Å². The molecule has 2 aliphatic carbocycles. The van der Waals surface area contributed by atoms with Crippen molar-refractivity contribution >= 4 is 5.91 Å². The van der Waals surface area contributed by atoms with Gasteiger partial charge in [-0.3, -0.25) is 9.78 Å².